The fourth-order valence-electron chi connectivity index (χ4n) is 2.06. The van der Waals surface area contributed by atoms with Gasteiger partial charge in [0.15, 0.2) is 0 Å². The highest BCUT2D eigenvalue weighted by Gasteiger charge is 2.10. The molecule has 0 atom stereocenters. The van der Waals surface area contributed by atoms with Gasteiger partial charge in [-0.1, -0.05) is 17.7 Å². The summed E-state index contributed by atoms with van der Waals surface area (Å²) >= 11 is 6.04. The van der Waals surface area contributed by atoms with Crippen LogP contribution in [0.5, 0.6) is 0 Å². The second kappa shape index (κ2) is 6.59. The lowest BCUT2D eigenvalue weighted by Gasteiger charge is -2.04. The number of aromatic nitrogens is 3. The number of nitrogens with one attached hydrogen (secondary N) is 1. The molecule has 7 nitrogen and oxygen atoms in total. The summed E-state index contributed by atoms with van der Waals surface area (Å²) in [4.78, 5) is 32.3. The van der Waals surface area contributed by atoms with Crippen molar-refractivity contribution < 1.29 is 4.79 Å². The molecule has 0 aromatic carbocycles. The lowest BCUT2D eigenvalue weighted by Crippen LogP contribution is -2.22. The van der Waals surface area contributed by atoms with Crippen molar-refractivity contribution in [2.24, 2.45) is 5.10 Å². The van der Waals surface area contributed by atoms with Crippen LogP contribution < -0.4 is 11.0 Å². The first-order chi connectivity index (χ1) is 11.6. The van der Waals surface area contributed by atoms with E-state index in [0.29, 0.717) is 11.2 Å². The first kappa shape index (κ1) is 15.8. The van der Waals surface area contributed by atoms with Gasteiger partial charge in [0.05, 0.1) is 11.8 Å². The average Bonchev–Trinajstić information content (AvgIpc) is 2.59. The summed E-state index contributed by atoms with van der Waals surface area (Å²) in [6, 6.07) is 6.63. The van der Waals surface area contributed by atoms with E-state index >= 15 is 0 Å². The molecular formula is C16H12ClN5O2. The molecule has 3 rings (SSSR count). The number of amides is 1. The van der Waals surface area contributed by atoms with Crippen molar-refractivity contribution in [2.75, 3.05) is 0 Å². The van der Waals surface area contributed by atoms with Gasteiger partial charge in [0, 0.05) is 24.2 Å². The summed E-state index contributed by atoms with van der Waals surface area (Å²) < 4.78 is 1.38. The normalized spacial score (nSPS) is 11.1. The summed E-state index contributed by atoms with van der Waals surface area (Å²) in [6.07, 6.45) is 5.84. The first-order valence-corrected chi connectivity index (χ1v) is 7.36. The molecule has 1 N–H and O–H groups in total. The second-order valence-electron chi connectivity index (χ2n) is 4.99. The van der Waals surface area contributed by atoms with Crippen LogP contribution in [-0.2, 0) is 0 Å². The third-order valence-corrected chi connectivity index (χ3v) is 3.55. The van der Waals surface area contributed by atoms with Gasteiger partial charge >= 0.3 is 0 Å². The van der Waals surface area contributed by atoms with Crippen LogP contribution in [0.4, 0.5) is 0 Å². The van der Waals surface area contributed by atoms with E-state index in [4.69, 9.17) is 11.6 Å². The van der Waals surface area contributed by atoms with E-state index < -0.39 is 5.91 Å². The summed E-state index contributed by atoms with van der Waals surface area (Å²) in [5.41, 5.74) is 3.80. The summed E-state index contributed by atoms with van der Waals surface area (Å²) in [5.74, 6) is -0.422. The number of carbonyl (C=O) groups is 1. The molecule has 0 radical (unpaired) electrons. The van der Waals surface area contributed by atoms with Gasteiger partial charge in [0.1, 0.15) is 10.8 Å². The maximum atomic E-state index is 12.5. The Labute approximate surface area is 141 Å². The third-order valence-electron chi connectivity index (χ3n) is 3.26. The van der Waals surface area contributed by atoms with E-state index in [-0.39, 0.29) is 16.3 Å². The minimum Gasteiger partial charge on any atom is -0.268 e. The lowest BCUT2D eigenvalue weighted by atomic mass is 10.3. The topological polar surface area (TPSA) is 88.7 Å². The van der Waals surface area contributed by atoms with Gasteiger partial charge in [-0.25, -0.2) is 10.4 Å². The van der Waals surface area contributed by atoms with E-state index in [9.17, 15) is 9.59 Å². The number of halogens is 1. The number of carbonyl (C=O) groups excluding carboxylic acids is 1. The highest BCUT2D eigenvalue weighted by molar-refractivity contribution is 6.32. The van der Waals surface area contributed by atoms with Gasteiger partial charge < -0.3 is 0 Å². The highest BCUT2D eigenvalue weighted by Crippen LogP contribution is 2.10. The van der Waals surface area contributed by atoms with Gasteiger partial charge in [-0.2, -0.15) is 5.10 Å². The standard InChI is InChI=1S/C16H12ClN5O2/c1-10-2-3-13-20-14(17)12(16(24)22(13)9-10)8-19-21-15(23)11-4-6-18-7-5-11/h2-9H,1H3,(H,21,23). The Bertz CT molecular complexity index is 999. The van der Waals surface area contributed by atoms with Crippen molar-refractivity contribution in [3.63, 3.8) is 0 Å². The molecule has 0 saturated carbocycles. The van der Waals surface area contributed by atoms with E-state index in [1.807, 2.05) is 13.0 Å². The molecule has 0 unspecified atom stereocenters. The van der Waals surface area contributed by atoms with Crippen LogP contribution in [-0.4, -0.2) is 26.5 Å². The van der Waals surface area contributed by atoms with Crippen LogP contribution in [0.15, 0.2) is 52.8 Å². The third kappa shape index (κ3) is 3.16. The van der Waals surface area contributed by atoms with E-state index in [1.165, 1.54) is 23.0 Å². The highest BCUT2D eigenvalue weighted by atomic mass is 35.5. The number of aryl methyl sites for hydroxylation is 1. The van der Waals surface area contributed by atoms with Crippen LogP contribution in [0.25, 0.3) is 5.65 Å². The Morgan fingerprint density at radius 2 is 2.04 bits per heavy atom. The minimum atomic E-state index is -0.422. The maximum Gasteiger partial charge on any atom is 0.271 e. The molecule has 8 heteroatoms. The zero-order valence-corrected chi connectivity index (χ0v) is 13.4. The van der Waals surface area contributed by atoms with Crippen LogP contribution in [0.1, 0.15) is 21.5 Å². The van der Waals surface area contributed by atoms with Crippen LogP contribution in [0.2, 0.25) is 5.15 Å². The number of hydrogen-bond acceptors (Lipinski definition) is 5. The summed E-state index contributed by atoms with van der Waals surface area (Å²) in [7, 11) is 0. The quantitative estimate of drug-likeness (QED) is 0.447. The average molecular weight is 342 g/mol. The van der Waals surface area contributed by atoms with Gasteiger partial charge in [0.2, 0.25) is 0 Å². The molecule has 120 valence electrons. The molecule has 3 heterocycles. The van der Waals surface area contributed by atoms with E-state index in [2.05, 4.69) is 20.5 Å². The molecule has 1 amide bonds. The van der Waals surface area contributed by atoms with Crippen LogP contribution >= 0.6 is 11.6 Å². The number of nitrogens with zero attached hydrogens (tertiary/aromatic N) is 4. The van der Waals surface area contributed by atoms with Crippen molar-refractivity contribution in [3.05, 3.63) is 75.1 Å². The Hall–Kier alpha value is -3.06. The van der Waals surface area contributed by atoms with E-state index in [0.717, 1.165) is 5.56 Å². The smallest absolute Gasteiger partial charge is 0.268 e. The Morgan fingerprint density at radius 1 is 1.29 bits per heavy atom. The van der Waals surface area contributed by atoms with Crippen LogP contribution in [0.3, 0.4) is 0 Å². The second-order valence-corrected chi connectivity index (χ2v) is 5.35. The monoisotopic (exact) mass is 341 g/mol. The molecule has 3 aromatic heterocycles. The zero-order valence-electron chi connectivity index (χ0n) is 12.6. The van der Waals surface area contributed by atoms with Gasteiger partial charge in [-0.05, 0) is 30.7 Å². The molecule has 0 saturated heterocycles. The predicted molar refractivity (Wildman–Crippen MR) is 90.5 cm³/mol. The summed E-state index contributed by atoms with van der Waals surface area (Å²) in [6.45, 7) is 1.86. The Morgan fingerprint density at radius 3 is 2.79 bits per heavy atom. The Kier molecular flexibility index (Phi) is 4.35. The number of rotatable bonds is 3. The molecular weight excluding hydrogens is 330 g/mol. The number of fused-ring (bicyclic) bond motifs is 1. The first-order valence-electron chi connectivity index (χ1n) is 6.98. The van der Waals surface area contributed by atoms with E-state index in [1.54, 1.807) is 24.4 Å². The Balaban J connectivity index is 1.90. The largest absolute Gasteiger partial charge is 0.271 e. The number of hydrazone groups is 1. The van der Waals surface area contributed by atoms with Crippen molar-refractivity contribution >= 4 is 29.4 Å². The molecule has 0 bridgehead atoms. The molecule has 3 aromatic rings. The molecule has 0 aliphatic rings. The number of hydrogen-bond donors (Lipinski definition) is 1. The number of pyridine rings is 2. The molecule has 0 aliphatic heterocycles. The van der Waals surface area contributed by atoms with Gasteiger partial charge in [0.25, 0.3) is 11.5 Å². The molecule has 24 heavy (non-hydrogen) atoms. The molecule has 0 aliphatic carbocycles. The van der Waals surface area contributed by atoms with Gasteiger partial charge in [-0.3, -0.25) is 19.0 Å². The lowest BCUT2D eigenvalue weighted by molar-refractivity contribution is 0.0955. The molecule has 0 fully saturated rings. The van der Waals surface area contributed by atoms with Crippen molar-refractivity contribution in [2.45, 2.75) is 6.92 Å². The summed E-state index contributed by atoms with van der Waals surface area (Å²) in [5, 5.41) is 3.81. The molecule has 0 spiro atoms. The van der Waals surface area contributed by atoms with Crippen molar-refractivity contribution in [1.29, 1.82) is 0 Å². The fourth-order valence-corrected chi connectivity index (χ4v) is 2.28. The zero-order chi connectivity index (χ0) is 17.1. The maximum absolute atomic E-state index is 12.5. The predicted octanol–water partition coefficient (Wildman–Crippen LogP) is 1.82. The van der Waals surface area contributed by atoms with Crippen molar-refractivity contribution in [3.8, 4) is 0 Å². The van der Waals surface area contributed by atoms with Gasteiger partial charge in [-0.15, -0.1) is 0 Å². The minimum absolute atomic E-state index is 0.0192. The SMILES string of the molecule is Cc1ccc2nc(Cl)c(C=NNC(=O)c3ccncc3)c(=O)n2c1. The van der Waals surface area contributed by atoms with Crippen molar-refractivity contribution in [1.82, 2.24) is 19.8 Å². The van der Waals surface area contributed by atoms with Crippen LogP contribution in [0, 0.1) is 6.92 Å². The fraction of sp³-hybridized carbons (Fsp3) is 0.0625.